The molecular formula is C17H19BrN2O. The molecule has 2 aromatic rings. The van der Waals surface area contributed by atoms with Gasteiger partial charge in [0.05, 0.1) is 5.56 Å². The first kappa shape index (κ1) is 15.6. The van der Waals surface area contributed by atoms with Gasteiger partial charge in [-0.1, -0.05) is 41.9 Å². The van der Waals surface area contributed by atoms with Crippen LogP contribution in [0.1, 0.15) is 37.3 Å². The molecule has 0 aliphatic carbocycles. The zero-order valence-electron chi connectivity index (χ0n) is 12.2. The summed E-state index contributed by atoms with van der Waals surface area (Å²) in [6.07, 6.45) is 1.11. The van der Waals surface area contributed by atoms with Gasteiger partial charge in [0.25, 0.3) is 0 Å². The first-order chi connectivity index (χ1) is 10.0. The monoisotopic (exact) mass is 346 g/mol. The normalized spacial score (nSPS) is 12.0. The first-order valence-corrected chi connectivity index (χ1v) is 7.72. The Hall–Kier alpha value is -1.81. The molecule has 0 heterocycles. The summed E-state index contributed by atoms with van der Waals surface area (Å²) in [6, 6.07) is 13.5. The Labute approximate surface area is 133 Å². The number of nitrogen functional groups attached to an aromatic ring is 1. The van der Waals surface area contributed by atoms with Gasteiger partial charge in [-0.15, -0.1) is 0 Å². The molecule has 2 aromatic carbocycles. The molecule has 0 saturated heterocycles. The van der Waals surface area contributed by atoms with Crippen LogP contribution in [0.5, 0.6) is 11.5 Å². The van der Waals surface area contributed by atoms with Crippen LogP contribution in [0.3, 0.4) is 0 Å². The number of benzene rings is 2. The Morgan fingerprint density at radius 3 is 2.48 bits per heavy atom. The van der Waals surface area contributed by atoms with E-state index in [1.165, 1.54) is 5.56 Å². The fourth-order valence-electron chi connectivity index (χ4n) is 2.03. The number of halogens is 1. The first-order valence-electron chi connectivity index (χ1n) is 6.93. The molecule has 0 aliphatic heterocycles. The second-order valence-electron chi connectivity index (χ2n) is 5.03. The van der Waals surface area contributed by atoms with E-state index in [4.69, 9.17) is 15.9 Å². The highest BCUT2D eigenvalue weighted by atomic mass is 79.9. The highest BCUT2D eigenvalue weighted by molar-refractivity contribution is 9.10. The summed E-state index contributed by atoms with van der Waals surface area (Å²) < 4.78 is 6.76. The lowest BCUT2D eigenvalue weighted by Crippen LogP contribution is -2.12. The third-order valence-corrected chi connectivity index (χ3v) is 4.02. The predicted molar refractivity (Wildman–Crippen MR) is 90.4 cm³/mol. The second-order valence-corrected chi connectivity index (χ2v) is 5.95. The molecule has 4 heteroatoms. The number of amidine groups is 1. The number of rotatable bonds is 5. The van der Waals surface area contributed by atoms with Crippen molar-refractivity contribution in [2.75, 3.05) is 0 Å². The fourth-order valence-corrected chi connectivity index (χ4v) is 2.37. The summed E-state index contributed by atoms with van der Waals surface area (Å²) in [5.74, 6) is 1.85. The van der Waals surface area contributed by atoms with E-state index in [0.717, 1.165) is 16.6 Å². The van der Waals surface area contributed by atoms with Crippen LogP contribution in [0.2, 0.25) is 0 Å². The van der Waals surface area contributed by atoms with Crippen molar-refractivity contribution >= 4 is 21.8 Å². The molecule has 0 saturated carbocycles. The summed E-state index contributed by atoms with van der Waals surface area (Å²) in [4.78, 5) is 0. The van der Waals surface area contributed by atoms with Crippen molar-refractivity contribution < 1.29 is 4.74 Å². The molecule has 3 nitrogen and oxygen atoms in total. The van der Waals surface area contributed by atoms with Gasteiger partial charge in [0.1, 0.15) is 17.3 Å². The smallest absolute Gasteiger partial charge is 0.139 e. The lowest BCUT2D eigenvalue weighted by molar-refractivity contribution is 0.480. The quantitative estimate of drug-likeness (QED) is 0.588. The van der Waals surface area contributed by atoms with Crippen molar-refractivity contribution in [1.82, 2.24) is 0 Å². The van der Waals surface area contributed by atoms with Gasteiger partial charge in [-0.05, 0) is 48.2 Å². The lowest BCUT2D eigenvalue weighted by Gasteiger charge is -2.13. The summed E-state index contributed by atoms with van der Waals surface area (Å²) in [7, 11) is 0. The Kier molecular flexibility index (Phi) is 5.02. The molecule has 2 rings (SSSR count). The SMILES string of the molecule is CCC(C)c1ccc(Oc2cc(Br)ccc2C(=N)N)cc1. The maximum Gasteiger partial charge on any atom is 0.139 e. The van der Waals surface area contributed by atoms with Crippen molar-refractivity contribution in [2.45, 2.75) is 26.2 Å². The van der Waals surface area contributed by atoms with Crippen LogP contribution < -0.4 is 10.5 Å². The molecule has 0 radical (unpaired) electrons. The van der Waals surface area contributed by atoms with Crippen molar-refractivity contribution in [2.24, 2.45) is 5.73 Å². The molecule has 21 heavy (non-hydrogen) atoms. The third kappa shape index (κ3) is 3.85. The van der Waals surface area contributed by atoms with Crippen LogP contribution in [0.25, 0.3) is 0 Å². The summed E-state index contributed by atoms with van der Waals surface area (Å²) >= 11 is 3.41. The second kappa shape index (κ2) is 6.76. The van der Waals surface area contributed by atoms with E-state index in [9.17, 15) is 0 Å². The average Bonchev–Trinajstić information content (AvgIpc) is 2.47. The van der Waals surface area contributed by atoms with E-state index >= 15 is 0 Å². The molecule has 0 aromatic heterocycles. The minimum Gasteiger partial charge on any atom is -0.457 e. The van der Waals surface area contributed by atoms with E-state index < -0.39 is 0 Å². The van der Waals surface area contributed by atoms with Gasteiger partial charge in [-0.25, -0.2) is 0 Å². The van der Waals surface area contributed by atoms with Gasteiger partial charge in [0.15, 0.2) is 0 Å². The molecule has 0 spiro atoms. The topological polar surface area (TPSA) is 59.1 Å². The summed E-state index contributed by atoms with van der Waals surface area (Å²) in [6.45, 7) is 4.38. The van der Waals surface area contributed by atoms with Crippen LogP contribution in [-0.4, -0.2) is 5.84 Å². The Morgan fingerprint density at radius 2 is 1.90 bits per heavy atom. The molecule has 0 amide bonds. The largest absolute Gasteiger partial charge is 0.457 e. The molecule has 0 fully saturated rings. The maximum absolute atomic E-state index is 7.61. The van der Waals surface area contributed by atoms with Crippen molar-refractivity contribution in [3.8, 4) is 11.5 Å². The Morgan fingerprint density at radius 1 is 1.24 bits per heavy atom. The number of hydrogen-bond donors (Lipinski definition) is 2. The molecule has 110 valence electrons. The molecule has 3 N–H and O–H groups in total. The number of ether oxygens (including phenoxy) is 1. The zero-order valence-corrected chi connectivity index (χ0v) is 13.8. The molecular weight excluding hydrogens is 328 g/mol. The van der Waals surface area contributed by atoms with Crippen molar-refractivity contribution in [3.05, 3.63) is 58.1 Å². The van der Waals surface area contributed by atoms with Crippen LogP contribution in [0.4, 0.5) is 0 Å². The number of hydrogen-bond acceptors (Lipinski definition) is 2. The molecule has 0 aliphatic rings. The molecule has 1 unspecified atom stereocenters. The average molecular weight is 347 g/mol. The van der Waals surface area contributed by atoms with Gasteiger partial charge in [0, 0.05) is 4.47 Å². The zero-order chi connectivity index (χ0) is 15.4. The summed E-state index contributed by atoms with van der Waals surface area (Å²) in [5.41, 5.74) is 7.47. The van der Waals surface area contributed by atoms with Gasteiger partial charge in [-0.3, -0.25) is 5.41 Å². The van der Waals surface area contributed by atoms with E-state index in [2.05, 4.69) is 41.9 Å². The fraction of sp³-hybridized carbons (Fsp3) is 0.235. The minimum absolute atomic E-state index is 0.00581. The lowest BCUT2D eigenvalue weighted by atomic mass is 9.99. The van der Waals surface area contributed by atoms with Crippen LogP contribution in [0.15, 0.2) is 46.9 Å². The number of nitrogens with one attached hydrogen (secondary N) is 1. The van der Waals surface area contributed by atoms with E-state index in [-0.39, 0.29) is 5.84 Å². The minimum atomic E-state index is -0.00581. The van der Waals surface area contributed by atoms with Gasteiger partial charge in [-0.2, -0.15) is 0 Å². The van der Waals surface area contributed by atoms with E-state index in [1.807, 2.05) is 24.3 Å². The van der Waals surface area contributed by atoms with E-state index in [0.29, 0.717) is 17.2 Å². The molecule has 1 atom stereocenters. The van der Waals surface area contributed by atoms with Crippen molar-refractivity contribution in [3.63, 3.8) is 0 Å². The van der Waals surface area contributed by atoms with Crippen LogP contribution in [-0.2, 0) is 0 Å². The van der Waals surface area contributed by atoms with Crippen LogP contribution >= 0.6 is 15.9 Å². The van der Waals surface area contributed by atoms with Gasteiger partial charge in [0.2, 0.25) is 0 Å². The molecule has 0 bridgehead atoms. The third-order valence-electron chi connectivity index (χ3n) is 3.52. The Balaban J connectivity index is 2.26. The highest BCUT2D eigenvalue weighted by Gasteiger charge is 2.09. The van der Waals surface area contributed by atoms with Gasteiger partial charge >= 0.3 is 0 Å². The maximum atomic E-state index is 7.61. The van der Waals surface area contributed by atoms with Crippen LogP contribution in [0, 0.1) is 5.41 Å². The van der Waals surface area contributed by atoms with E-state index in [1.54, 1.807) is 6.07 Å². The van der Waals surface area contributed by atoms with Gasteiger partial charge < -0.3 is 10.5 Å². The number of nitrogens with two attached hydrogens (primary N) is 1. The predicted octanol–water partition coefficient (Wildman–Crippen LogP) is 5.04. The van der Waals surface area contributed by atoms with Crippen molar-refractivity contribution in [1.29, 1.82) is 5.41 Å². The Bertz CT molecular complexity index is 638. The highest BCUT2D eigenvalue weighted by Crippen LogP contribution is 2.29. The standard InChI is InChI=1S/C17H19BrN2O/c1-3-11(2)12-4-7-14(8-5-12)21-16-10-13(18)6-9-15(16)17(19)20/h4-11H,3H2,1-2H3,(H3,19,20). The summed E-state index contributed by atoms with van der Waals surface area (Å²) in [5, 5.41) is 7.61.